The van der Waals surface area contributed by atoms with Crippen molar-refractivity contribution in [2.24, 2.45) is 0 Å². The van der Waals surface area contributed by atoms with Crippen LogP contribution >= 0.6 is 0 Å². The molecule has 0 bridgehead atoms. The smallest absolute Gasteiger partial charge is 0.0702 e. The number of nitrogens with zero attached hydrogens (tertiary/aromatic N) is 1. The van der Waals surface area contributed by atoms with Gasteiger partial charge in [0.2, 0.25) is 0 Å². The van der Waals surface area contributed by atoms with Crippen LogP contribution in [0.1, 0.15) is 39.0 Å². The molecule has 0 aromatic heterocycles. The first-order valence-electron chi connectivity index (χ1n) is 6.86. The molecule has 0 amide bonds. The van der Waals surface area contributed by atoms with Gasteiger partial charge in [-0.1, -0.05) is 0 Å². The van der Waals surface area contributed by atoms with Gasteiger partial charge in [0.05, 0.1) is 6.10 Å². The predicted octanol–water partition coefficient (Wildman–Crippen LogP) is 1.63. The number of rotatable bonds is 4. The minimum atomic E-state index is 0.493. The van der Waals surface area contributed by atoms with Crippen molar-refractivity contribution in [3.8, 4) is 0 Å². The molecule has 3 nitrogen and oxygen atoms in total. The Bertz CT molecular complexity index is 208. The molecule has 1 aliphatic carbocycles. The van der Waals surface area contributed by atoms with Gasteiger partial charge in [0.15, 0.2) is 0 Å². The molecule has 0 spiro atoms. The van der Waals surface area contributed by atoms with Crippen LogP contribution in [-0.2, 0) is 4.74 Å². The Morgan fingerprint density at radius 3 is 2.88 bits per heavy atom. The van der Waals surface area contributed by atoms with Gasteiger partial charge in [0, 0.05) is 25.2 Å². The van der Waals surface area contributed by atoms with Crippen LogP contribution in [0.3, 0.4) is 0 Å². The van der Waals surface area contributed by atoms with Gasteiger partial charge in [0.25, 0.3) is 0 Å². The highest BCUT2D eigenvalue weighted by molar-refractivity contribution is 4.88. The Balaban J connectivity index is 1.80. The summed E-state index contributed by atoms with van der Waals surface area (Å²) in [6.45, 7) is 5.41. The quantitative estimate of drug-likeness (QED) is 0.788. The lowest BCUT2D eigenvalue weighted by atomic mass is 10.0. The van der Waals surface area contributed by atoms with E-state index in [0.29, 0.717) is 6.10 Å². The van der Waals surface area contributed by atoms with Crippen LogP contribution in [0.5, 0.6) is 0 Å². The van der Waals surface area contributed by atoms with E-state index in [1.165, 1.54) is 38.6 Å². The summed E-state index contributed by atoms with van der Waals surface area (Å²) in [5.74, 6) is 0. The normalized spacial score (nSPS) is 36.8. The molecule has 3 unspecified atom stereocenters. The van der Waals surface area contributed by atoms with Crippen LogP contribution < -0.4 is 5.32 Å². The lowest BCUT2D eigenvalue weighted by Gasteiger charge is -2.36. The molecule has 3 atom stereocenters. The van der Waals surface area contributed by atoms with Crippen molar-refractivity contribution in [3.05, 3.63) is 0 Å². The first-order valence-corrected chi connectivity index (χ1v) is 6.86. The van der Waals surface area contributed by atoms with E-state index in [2.05, 4.69) is 24.2 Å². The predicted molar refractivity (Wildman–Crippen MR) is 66.7 cm³/mol. The molecular formula is C13H26N2O. The zero-order valence-electron chi connectivity index (χ0n) is 10.7. The lowest BCUT2D eigenvalue weighted by molar-refractivity contribution is -0.00668. The molecule has 2 fully saturated rings. The fraction of sp³-hybridized carbons (Fsp3) is 1.00. The molecule has 1 heterocycles. The minimum Gasteiger partial charge on any atom is -0.377 e. The van der Waals surface area contributed by atoms with Gasteiger partial charge in [-0.05, 0) is 52.6 Å². The fourth-order valence-electron chi connectivity index (χ4n) is 3.22. The standard InChI is InChI=1S/C13H26N2O/c1-3-16-13-5-4-8-15(10-13)12-7-6-11(9-12)14-2/h11-14H,3-10H2,1-2H3. The first kappa shape index (κ1) is 12.3. The van der Waals surface area contributed by atoms with Crippen molar-refractivity contribution < 1.29 is 4.74 Å². The summed E-state index contributed by atoms with van der Waals surface area (Å²) in [5.41, 5.74) is 0. The maximum Gasteiger partial charge on any atom is 0.0702 e. The van der Waals surface area contributed by atoms with E-state index in [1.807, 2.05) is 0 Å². The van der Waals surface area contributed by atoms with E-state index in [9.17, 15) is 0 Å². The molecule has 1 saturated carbocycles. The SMILES string of the molecule is CCOC1CCCN(C2CCC(NC)C2)C1. The number of nitrogens with one attached hydrogen (secondary N) is 1. The van der Waals surface area contributed by atoms with Crippen LogP contribution in [0.25, 0.3) is 0 Å². The van der Waals surface area contributed by atoms with Crippen LogP contribution in [-0.4, -0.2) is 49.8 Å². The topological polar surface area (TPSA) is 24.5 Å². The van der Waals surface area contributed by atoms with Crippen molar-refractivity contribution in [3.63, 3.8) is 0 Å². The lowest BCUT2D eigenvalue weighted by Crippen LogP contribution is -2.45. The zero-order chi connectivity index (χ0) is 11.4. The molecule has 1 saturated heterocycles. The minimum absolute atomic E-state index is 0.493. The largest absolute Gasteiger partial charge is 0.377 e. The van der Waals surface area contributed by atoms with Gasteiger partial charge in [-0.25, -0.2) is 0 Å². The van der Waals surface area contributed by atoms with E-state index in [1.54, 1.807) is 0 Å². The van der Waals surface area contributed by atoms with Gasteiger partial charge in [-0.2, -0.15) is 0 Å². The molecular weight excluding hydrogens is 200 g/mol. The summed E-state index contributed by atoms with van der Waals surface area (Å²) in [7, 11) is 2.09. The molecule has 0 radical (unpaired) electrons. The zero-order valence-corrected chi connectivity index (χ0v) is 10.7. The average Bonchev–Trinajstić information content (AvgIpc) is 2.78. The molecule has 16 heavy (non-hydrogen) atoms. The van der Waals surface area contributed by atoms with Gasteiger partial charge in [-0.15, -0.1) is 0 Å². The second kappa shape index (κ2) is 5.99. The van der Waals surface area contributed by atoms with Crippen molar-refractivity contribution in [2.75, 3.05) is 26.7 Å². The molecule has 0 aromatic rings. The van der Waals surface area contributed by atoms with Crippen molar-refractivity contribution >= 4 is 0 Å². The fourth-order valence-corrected chi connectivity index (χ4v) is 3.22. The van der Waals surface area contributed by atoms with Crippen LogP contribution in [0.15, 0.2) is 0 Å². The summed E-state index contributed by atoms with van der Waals surface area (Å²) in [5, 5.41) is 3.41. The van der Waals surface area contributed by atoms with Gasteiger partial charge in [-0.3, -0.25) is 4.90 Å². The molecule has 0 aromatic carbocycles. The summed E-state index contributed by atoms with van der Waals surface area (Å²) < 4.78 is 5.77. The number of hydrogen-bond donors (Lipinski definition) is 1. The van der Waals surface area contributed by atoms with Crippen molar-refractivity contribution in [2.45, 2.75) is 57.2 Å². The monoisotopic (exact) mass is 226 g/mol. The van der Waals surface area contributed by atoms with E-state index in [0.717, 1.165) is 25.2 Å². The summed E-state index contributed by atoms with van der Waals surface area (Å²) in [6.07, 6.45) is 7.10. The Hall–Kier alpha value is -0.120. The van der Waals surface area contributed by atoms with Gasteiger partial charge < -0.3 is 10.1 Å². The molecule has 1 N–H and O–H groups in total. The summed E-state index contributed by atoms with van der Waals surface area (Å²) in [4.78, 5) is 2.67. The van der Waals surface area contributed by atoms with E-state index in [4.69, 9.17) is 4.74 Å². The van der Waals surface area contributed by atoms with Gasteiger partial charge in [0.1, 0.15) is 0 Å². The van der Waals surface area contributed by atoms with Crippen LogP contribution in [0.4, 0.5) is 0 Å². The Kier molecular flexibility index (Phi) is 4.62. The second-order valence-corrected chi connectivity index (χ2v) is 5.17. The molecule has 1 aliphatic heterocycles. The summed E-state index contributed by atoms with van der Waals surface area (Å²) >= 11 is 0. The maximum absolute atomic E-state index is 5.77. The van der Waals surface area contributed by atoms with Crippen molar-refractivity contribution in [1.82, 2.24) is 10.2 Å². The second-order valence-electron chi connectivity index (χ2n) is 5.17. The third-order valence-electron chi connectivity index (χ3n) is 4.14. The van der Waals surface area contributed by atoms with E-state index in [-0.39, 0.29) is 0 Å². The van der Waals surface area contributed by atoms with Crippen molar-refractivity contribution in [1.29, 1.82) is 0 Å². The molecule has 94 valence electrons. The van der Waals surface area contributed by atoms with Gasteiger partial charge >= 0.3 is 0 Å². The third kappa shape index (κ3) is 2.96. The van der Waals surface area contributed by atoms with Crippen LogP contribution in [0.2, 0.25) is 0 Å². The molecule has 2 aliphatic rings. The van der Waals surface area contributed by atoms with E-state index < -0.39 is 0 Å². The highest BCUT2D eigenvalue weighted by atomic mass is 16.5. The van der Waals surface area contributed by atoms with Crippen LogP contribution in [0, 0.1) is 0 Å². The average molecular weight is 226 g/mol. The highest BCUT2D eigenvalue weighted by Crippen LogP contribution is 2.27. The molecule has 3 heteroatoms. The Morgan fingerprint density at radius 2 is 2.19 bits per heavy atom. The maximum atomic E-state index is 5.77. The third-order valence-corrected chi connectivity index (χ3v) is 4.14. The Labute approximate surface area is 99.5 Å². The number of piperidine rings is 1. The number of ether oxygens (including phenoxy) is 1. The number of likely N-dealkylation sites (tertiary alicyclic amines) is 1. The summed E-state index contributed by atoms with van der Waals surface area (Å²) in [6, 6.07) is 1.55. The number of hydrogen-bond acceptors (Lipinski definition) is 3. The molecule has 2 rings (SSSR count). The van der Waals surface area contributed by atoms with E-state index >= 15 is 0 Å². The highest BCUT2D eigenvalue weighted by Gasteiger charge is 2.31. The first-order chi connectivity index (χ1) is 7.83. The Morgan fingerprint density at radius 1 is 1.31 bits per heavy atom.